The second-order valence-electron chi connectivity index (χ2n) is 10.1. The summed E-state index contributed by atoms with van der Waals surface area (Å²) in [4.78, 5) is 2.86. The van der Waals surface area contributed by atoms with E-state index in [0.717, 1.165) is 25.7 Å². The van der Waals surface area contributed by atoms with Crippen LogP contribution in [-0.2, 0) is 12.8 Å². The zero-order chi connectivity index (χ0) is 24.0. The van der Waals surface area contributed by atoms with E-state index in [-0.39, 0.29) is 0 Å². The van der Waals surface area contributed by atoms with Crippen LogP contribution in [0.5, 0.6) is 0 Å². The van der Waals surface area contributed by atoms with Crippen molar-refractivity contribution >= 4 is 85.9 Å². The molecule has 0 unspecified atom stereocenters. The molecule has 2 aliphatic carbocycles. The molecule has 0 atom stereocenters. The second kappa shape index (κ2) is 8.16. The van der Waals surface area contributed by atoms with E-state index in [4.69, 9.17) is 0 Å². The van der Waals surface area contributed by atoms with Crippen LogP contribution in [0.25, 0.3) is 31.3 Å². The minimum absolute atomic E-state index is 1.07. The Bertz CT molecular complexity index is 1500. The Labute approximate surface area is 227 Å². The van der Waals surface area contributed by atoms with Crippen molar-refractivity contribution in [2.45, 2.75) is 67.2 Å². The highest BCUT2D eigenvalue weighted by Gasteiger charge is 2.28. The van der Waals surface area contributed by atoms with E-state index in [1.54, 1.807) is 22.3 Å². The molecule has 2 aliphatic rings. The van der Waals surface area contributed by atoms with Gasteiger partial charge in [0, 0.05) is 38.9 Å². The highest BCUT2D eigenvalue weighted by Crippen LogP contribution is 2.49. The molecule has 6 rings (SSSR count). The number of hydrogen-bond acceptors (Lipinski definition) is 2. The maximum absolute atomic E-state index is 4.01. The fourth-order valence-corrected chi connectivity index (χ4v) is 10.3. The fraction of sp³-hybridized carbons (Fsp3) is 0.333. The van der Waals surface area contributed by atoms with Crippen LogP contribution < -0.4 is 0 Å². The predicted molar refractivity (Wildman–Crippen MR) is 160 cm³/mol. The van der Waals surface area contributed by atoms with Gasteiger partial charge in [0.1, 0.15) is 0 Å². The van der Waals surface area contributed by atoms with Crippen LogP contribution in [0.15, 0.2) is 32.2 Å². The third kappa shape index (κ3) is 3.25. The van der Waals surface area contributed by atoms with Crippen LogP contribution in [0.3, 0.4) is 0 Å². The second-order valence-corrected chi connectivity index (χ2v) is 14.2. The Morgan fingerprint density at radius 2 is 1.03 bits per heavy atom. The van der Waals surface area contributed by atoms with E-state index in [1.165, 1.54) is 72.3 Å². The molecule has 0 amide bonds. The first kappa shape index (κ1) is 23.2. The number of rotatable bonds is 3. The number of thiophene rings is 2. The Hall–Kier alpha value is -1.20. The fourth-order valence-electron chi connectivity index (χ4n) is 6.06. The maximum atomic E-state index is 4.01. The summed E-state index contributed by atoms with van der Waals surface area (Å²) >= 11 is 11.9. The Morgan fingerprint density at radius 3 is 1.41 bits per heavy atom. The van der Waals surface area contributed by atoms with Gasteiger partial charge in [-0.15, -0.1) is 22.7 Å². The lowest BCUT2D eigenvalue weighted by Gasteiger charge is -2.13. The summed E-state index contributed by atoms with van der Waals surface area (Å²) in [6, 6.07) is 4.96. The van der Waals surface area contributed by atoms with Crippen molar-refractivity contribution in [3.8, 4) is 0 Å². The number of aryl methyl sites for hydroxylation is 4. The van der Waals surface area contributed by atoms with Crippen molar-refractivity contribution in [1.29, 1.82) is 0 Å². The van der Waals surface area contributed by atoms with E-state index in [1.807, 2.05) is 22.7 Å². The van der Waals surface area contributed by atoms with E-state index < -0.39 is 0 Å². The van der Waals surface area contributed by atoms with Crippen molar-refractivity contribution in [2.75, 3.05) is 0 Å². The molecular formula is C30H28Br2S2. The lowest BCUT2D eigenvalue weighted by Crippen LogP contribution is -1.91. The first-order chi connectivity index (χ1) is 16.2. The smallest absolute Gasteiger partial charge is 0.0365 e. The van der Waals surface area contributed by atoms with Crippen LogP contribution in [0, 0.1) is 27.7 Å². The van der Waals surface area contributed by atoms with Gasteiger partial charge in [0.15, 0.2) is 0 Å². The minimum Gasteiger partial charge on any atom is -0.140 e. The molecular weight excluding hydrogens is 584 g/mol. The summed E-state index contributed by atoms with van der Waals surface area (Å²) in [6.07, 6.45) is 4.38. The SMILES string of the molecule is CC1=C(CCC2=C(C)Cc3c2cc2sc(C)c(C)c2c3Br)c2cc3sc(C)c(C)c3c(Br)c2C1. The average molecular weight is 612 g/mol. The molecule has 2 aromatic carbocycles. The van der Waals surface area contributed by atoms with Gasteiger partial charge in [-0.3, -0.25) is 0 Å². The Balaban J connectivity index is 1.37. The molecule has 0 nitrogen and oxygen atoms in total. The molecule has 0 saturated heterocycles. The first-order valence-corrected chi connectivity index (χ1v) is 15.2. The van der Waals surface area contributed by atoms with Gasteiger partial charge in [0.2, 0.25) is 0 Å². The lowest BCUT2D eigenvalue weighted by atomic mass is 9.93. The summed E-state index contributed by atoms with van der Waals surface area (Å²) in [5.74, 6) is 0. The van der Waals surface area contributed by atoms with E-state index in [2.05, 4.69) is 85.5 Å². The van der Waals surface area contributed by atoms with Crippen LogP contribution in [0.2, 0.25) is 0 Å². The van der Waals surface area contributed by atoms with Crippen LogP contribution >= 0.6 is 54.5 Å². The first-order valence-electron chi connectivity index (χ1n) is 12.0. The van der Waals surface area contributed by atoms with Gasteiger partial charge in [-0.05, 0) is 156 Å². The van der Waals surface area contributed by atoms with Crippen LogP contribution in [0.1, 0.15) is 69.8 Å². The maximum Gasteiger partial charge on any atom is 0.0365 e. The molecule has 2 heterocycles. The molecule has 0 spiro atoms. The molecule has 0 N–H and O–H groups in total. The largest absolute Gasteiger partial charge is 0.140 e. The van der Waals surface area contributed by atoms with Gasteiger partial charge in [-0.1, -0.05) is 11.1 Å². The molecule has 0 fully saturated rings. The van der Waals surface area contributed by atoms with E-state index >= 15 is 0 Å². The highest BCUT2D eigenvalue weighted by molar-refractivity contribution is 9.11. The lowest BCUT2D eigenvalue weighted by molar-refractivity contribution is 1.07. The van der Waals surface area contributed by atoms with Gasteiger partial charge in [-0.2, -0.15) is 0 Å². The number of halogens is 2. The quantitative estimate of drug-likeness (QED) is 0.216. The van der Waals surface area contributed by atoms with Gasteiger partial charge in [-0.25, -0.2) is 0 Å². The van der Waals surface area contributed by atoms with Gasteiger partial charge >= 0.3 is 0 Å². The average Bonchev–Trinajstić information content (AvgIpc) is 3.45. The molecule has 4 aromatic rings. The summed E-state index contributed by atoms with van der Waals surface area (Å²) in [5, 5.41) is 2.85. The normalized spacial score (nSPS) is 15.4. The van der Waals surface area contributed by atoms with Crippen molar-refractivity contribution in [2.24, 2.45) is 0 Å². The van der Waals surface area contributed by atoms with Gasteiger partial charge in [0.25, 0.3) is 0 Å². The van der Waals surface area contributed by atoms with Crippen molar-refractivity contribution in [3.05, 3.63) is 75.4 Å². The van der Waals surface area contributed by atoms with E-state index in [0.29, 0.717) is 0 Å². The molecule has 0 saturated carbocycles. The molecule has 0 aliphatic heterocycles. The number of benzene rings is 2. The third-order valence-electron chi connectivity index (χ3n) is 8.18. The van der Waals surface area contributed by atoms with Gasteiger partial charge in [0.05, 0.1) is 0 Å². The summed E-state index contributed by atoms with van der Waals surface area (Å²) in [5.41, 5.74) is 15.0. The van der Waals surface area contributed by atoms with Crippen LogP contribution in [0.4, 0.5) is 0 Å². The molecule has 0 radical (unpaired) electrons. The zero-order valence-corrected chi connectivity index (χ0v) is 25.4. The third-order valence-corrected chi connectivity index (χ3v) is 12.2. The summed E-state index contributed by atoms with van der Waals surface area (Å²) in [6.45, 7) is 13.7. The van der Waals surface area contributed by atoms with Crippen molar-refractivity contribution < 1.29 is 0 Å². The summed E-state index contributed by atoms with van der Waals surface area (Å²) < 4.78 is 5.49. The molecule has 4 heteroatoms. The highest BCUT2D eigenvalue weighted by atomic mass is 79.9. The topological polar surface area (TPSA) is 0 Å². The molecule has 34 heavy (non-hydrogen) atoms. The number of allylic oxidation sites excluding steroid dienone is 4. The van der Waals surface area contributed by atoms with E-state index in [9.17, 15) is 0 Å². The molecule has 174 valence electrons. The Morgan fingerprint density at radius 1 is 0.647 bits per heavy atom. The Kier molecular flexibility index (Phi) is 5.57. The monoisotopic (exact) mass is 610 g/mol. The zero-order valence-electron chi connectivity index (χ0n) is 20.6. The minimum atomic E-state index is 1.07. The van der Waals surface area contributed by atoms with Gasteiger partial charge < -0.3 is 0 Å². The van der Waals surface area contributed by atoms with Crippen molar-refractivity contribution in [3.63, 3.8) is 0 Å². The van der Waals surface area contributed by atoms with Crippen LogP contribution in [-0.4, -0.2) is 0 Å². The standard InChI is InChI=1S/C30H28Br2S2/c1-13-9-23-21(11-25-27(29(23)31)15(3)17(5)33-25)19(13)7-8-20-14(2)10-24-22(20)12-26-28(30(24)32)16(4)18(6)34-26/h11-12H,7-10H2,1-6H3. The number of fused-ring (bicyclic) bond motifs is 4. The molecule has 0 bridgehead atoms. The molecule has 2 aromatic heterocycles. The number of hydrogen-bond donors (Lipinski definition) is 0. The summed E-state index contributed by atoms with van der Waals surface area (Å²) in [7, 11) is 0. The predicted octanol–water partition coefficient (Wildman–Crippen LogP) is 11.0. The van der Waals surface area contributed by atoms with Crippen molar-refractivity contribution in [1.82, 2.24) is 0 Å².